The van der Waals surface area contributed by atoms with Gasteiger partial charge in [-0.25, -0.2) is 0 Å². The third kappa shape index (κ3) is 4.60. The lowest BCUT2D eigenvalue weighted by Gasteiger charge is -2.25. The van der Waals surface area contributed by atoms with Crippen LogP contribution in [0.2, 0.25) is 0 Å². The smallest absolute Gasteiger partial charge is 0.323 e. The normalized spacial score (nSPS) is 12.7. The lowest BCUT2D eigenvalue weighted by molar-refractivity contribution is -0.138. The number of phenolic OH excluding ortho intramolecular Hbond substituents is 1. The molecule has 8 heteroatoms. The van der Waals surface area contributed by atoms with Crippen LogP contribution in [0.5, 0.6) is 17.2 Å². The maximum Gasteiger partial charge on any atom is 0.323 e. The maximum atomic E-state index is 11.1. The van der Waals surface area contributed by atoms with Gasteiger partial charge in [-0.1, -0.05) is 57.3 Å². The number of aromatic hydroxyl groups is 1. The summed E-state index contributed by atoms with van der Waals surface area (Å²) in [6.07, 6.45) is 0. The van der Waals surface area contributed by atoms with Gasteiger partial charge >= 0.3 is 5.97 Å². The second kappa shape index (κ2) is 7.70. The second-order valence-corrected chi connectivity index (χ2v) is 11.3. The van der Waals surface area contributed by atoms with Crippen LogP contribution in [-0.2, 0) is 6.22 Å². The number of phenols is 1. The molecule has 23 heavy (non-hydrogen) atoms. The number of benzene rings is 2. The van der Waals surface area contributed by atoms with E-state index in [1.807, 2.05) is 67.8 Å². The van der Waals surface area contributed by atoms with Gasteiger partial charge in [0.25, 0.3) is 0 Å². The number of aliphatic carboxylic acids is 1. The summed E-state index contributed by atoms with van der Waals surface area (Å²) in [5.41, 5.74) is 6.54. The van der Waals surface area contributed by atoms with Crippen molar-refractivity contribution >= 4 is 73.7 Å². The molecular weight excluding hydrogens is 639 g/mol. The Morgan fingerprint density at radius 1 is 1.13 bits per heavy atom. The zero-order chi connectivity index (χ0) is 17.2. The lowest BCUT2D eigenvalue weighted by atomic mass is 10.1. The van der Waals surface area contributed by atoms with Crippen molar-refractivity contribution in [1.82, 2.24) is 0 Å². The van der Waals surface area contributed by atoms with E-state index < -0.39 is 13.4 Å². The molecule has 2 aromatic carbocycles. The largest absolute Gasteiger partial charge is 0.507 e. The standard InChI is InChI=1S/C15H12I3NO4/c16-11-7-10(5-6-12(11)20)23-9-3-1-8(2-4-9)15(17,18)13(19)14(21)22/h1-7,13,20H,19H2,(H,21,22)/t13-/m0/s1. The number of nitrogens with two attached hydrogens (primary N) is 1. The zero-order valence-corrected chi connectivity index (χ0v) is 18.0. The van der Waals surface area contributed by atoms with Gasteiger partial charge in [0, 0.05) is 0 Å². The lowest BCUT2D eigenvalue weighted by Crippen LogP contribution is -2.42. The molecule has 2 rings (SSSR count). The maximum absolute atomic E-state index is 11.1. The van der Waals surface area contributed by atoms with Crippen LogP contribution in [-0.4, -0.2) is 22.2 Å². The van der Waals surface area contributed by atoms with E-state index in [0.29, 0.717) is 15.1 Å². The molecule has 0 amide bonds. The Balaban J connectivity index is 2.19. The molecule has 0 spiro atoms. The van der Waals surface area contributed by atoms with Crippen LogP contribution in [0, 0.1) is 3.57 Å². The molecule has 4 N–H and O–H groups in total. The fraction of sp³-hybridized carbons (Fsp3) is 0.133. The molecule has 2 aromatic rings. The van der Waals surface area contributed by atoms with Gasteiger partial charge in [-0.05, 0) is 58.5 Å². The third-order valence-corrected chi connectivity index (χ3v) is 6.50. The predicted octanol–water partition coefficient (Wildman–Crippen LogP) is 4.22. The van der Waals surface area contributed by atoms with E-state index in [0.717, 1.165) is 5.56 Å². The fourth-order valence-electron chi connectivity index (χ4n) is 1.77. The van der Waals surface area contributed by atoms with Gasteiger partial charge in [0.1, 0.15) is 24.7 Å². The SMILES string of the molecule is N[C@@H](C(=O)O)C(I)(I)c1ccc(Oc2ccc(O)c(I)c2)cc1. The number of ether oxygens (including phenoxy) is 1. The van der Waals surface area contributed by atoms with Crippen molar-refractivity contribution < 1.29 is 19.7 Å². The molecule has 0 fully saturated rings. The summed E-state index contributed by atoms with van der Waals surface area (Å²) < 4.78 is 5.66. The van der Waals surface area contributed by atoms with Crippen molar-refractivity contribution in [2.24, 2.45) is 5.73 Å². The number of carboxylic acid groups (broad SMARTS) is 1. The Bertz CT molecular complexity index is 719. The molecule has 0 unspecified atom stereocenters. The molecule has 1 atom stereocenters. The molecule has 0 bridgehead atoms. The second-order valence-electron chi connectivity index (χ2n) is 4.68. The minimum atomic E-state index is -1.05. The first-order chi connectivity index (χ1) is 10.7. The molecule has 122 valence electrons. The molecular formula is C15H12I3NO4. The summed E-state index contributed by atoms with van der Waals surface area (Å²) in [6.45, 7) is 0. The molecule has 0 aliphatic carbocycles. The van der Waals surface area contributed by atoms with Crippen LogP contribution >= 0.6 is 67.8 Å². The Morgan fingerprint density at radius 3 is 2.22 bits per heavy atom. The first-order valence-electron chi connectivity index (χ1n) is 6.35. The molecule has 0 radical (unpaired) electrons. The van der Waals surface area contributed by atoms with Crippen molar-refractivity contribution in [1.29, 1.82) is 0 Å². The monoisotopic (exact) mass is 651 g/mol. The van der Waals surface area contributed by atoms with Crippen LogP contribution in [0.3, 0.4) is 0 Å². The molecule has 0 saturated heterocycles. The first-order valence-corrected chi connectivity index (χ1v) is 9.58. The highest BCUT2D eigenvalue weighted by Crippen LogP contribution is 2.42. The number of alkyl halides is 2. The van der Waals surface area contributed by atoms with Gasteiger partial charge in [-0.3, -0.25) is 4.79 Å². The van der Waals surface area contributed by atoms with Gasteiger partial charge in [-0.15, -0.1) is 0 Å². The quantitative estimate of drug-likeness (QED) is 0.333. The molecule has 0 heterocycles. The van der Waals surface area contributed by atoms with Crippen LogP contribution in [0.1, 0.15) is 5.56 Å². The Hall–Kier alpha value is -0.340. The zero-order valence-electron chi connectivity index (χ0n) is 11.5. The number of rotatable bonds is 5. The number of carbonyl (C=O) groups is 1. The van der Waals surface area contributed by atoms with Gasteiger partial charge in [-0.2, -0.15) is 0 Å². The minimum Gasteiger partial charge on any atom is -0.507 e. The van der Waals surface area contributed by atoms with E-state index in [4.69, 9.17) is 15.6 Å². The van der Waals surface area contributed by atoms with Gasteiger partial charge in [0.2, 0.25) is 0 Å². The van der Waals surface area contributed by atoms with Crippen molar-refractivity contribution in [3.63, 3.8) is 0 Å². The topological polar surface area (TPSA) is 92.8 Å². The van der Waals surface area contributed by atoms with Crippen molar-refractivity contribution in [3.8, 4) is 17.2 Å². The Labute approximate surface area is 174 Å². The average molecular weight is 651 g/mol. The molecule has 0 aromatic heterocycles. The van der Waals surface area contributed by atoms with E-state index in [9.17, 15) is 9.90 Å². The molecule has 5 nitrogen and oxygen atoms in total. The van der Waals surface area contributed by atoms with E-state index >= 15 is 0 Å². The summed E-state index contributed by atoms with van der Waals surface area (Å²) in [6, 6.07) is 11.1. The fourth-order valence-corrected chi connectivity index (χ4v) is 3.51. The Morgan fingerprint density at radius 2 is 1.70 bits per heavy atom. The summed E-state index contributed by atoms with van der Waals surface area (Å²) in [5.74, 6) is 0.378. The third-order valence-electron chi connectivity index (χ3n) is 3.05. The van der Waals surface area contributed by atoms with Gasteiger partial charge in [0.05, 0.1) is 3.57 Å². The highest BCUT2D eigenvalue weighted by Gasteiger charge is 2.37. The average Bonchev–Trinajstić information content (AvgIpc) is 2.50. The van der Waals surface area contributed by atoms with Crippen molar-refractivity contribution in [2.45, 2.75) is 7.47 Å². The van der Waals surface area contributed by atoms with Gasteiger partial charge in [0.15, 0.2) is 0 Å². The highest BCUT2D eigenvalue weighted by atomic mass is 127. The van der Waals surface area contributed by atoms with Crippen molar-refractivity contribution in [2.75, 3.05) is 0 Å². The summed E-state index contributed by atoms with van der Waals surface area (Å²) in [5, 5.41) is 18.6. The van der Waals surface area contributed by atoms with Crippen LogP contribution < -0.4 is 10.5 Å². The van der Waals surface area contributed by atoms with Crippen LogP contribution in [0.4, 0.5) is 0 Å². The number of carboxylic acids is 1. The Kier molecular flexibility index (Phi) is 6.35. The summed E-state index contributed by atoms with van der Waals surface area (Å²) in [4.78, 5) is 11.1. The minimum absolute atomic E-state index is 0.204. The number of hydrogen-bond donors (Lipinski definition) is 3. The summed E-state index contributed by atoms with van der Waals surface area (Å²) >= 11 is 6.09. The van der Waals surface area contributed by atoms with E-state index in [2.05, 4.69) is 0 Å². The first kappa shape index (κ1) is 19.0. The van der Waals surface area contributed by atoms with Crippen LogP contribution in [0.25, 0.3) is 0 Å². The van der Waals surface area contributed by atoms with Gasteiger partial charge < -0.3 is 20.7 Å². The number of halogens is 3. The van der Waals surface area contributed by atoms with E-state index in [-0.39, 0.29) is 5.75 Å². The highest BCUT2D eigenvalue weighted by molar-refractivity contribution is 14.2. The molecule has 0 aliphatic heterocycles. The van der Waals surface area contributed by atoms with E-state index in [1.54, 1.807) is 42.5 Å². The molecule has 0 saturated carbocycles. The van der Waals surface area contributed by atoms with E-state index in [1.165, 1.54) is 0 Å². The number of hydrogen-bond acceptors (Lipinski definition) is 4. The molecule has 0 aliphatic rings. The van der Waals surface area contributed by atoms with Crippen LogP contribution in [0.15, 0.2) is 42.5 Å². The summed E-state index contributed by atoms with van der Waals surface area (Å²) in [7, 11) is 0. The predicted molar refractivity (Wildman–Crippen MR) is 113 cm³/mol. The van der Waals surface area contributed by atoms with Crippen molar-refractivity contribution in [3.05, 3.63) is 51.6 Å².